The molecule has 11 heteroatoms. The van der Waals surface area contributed by atoms with Gasteiger partial charge in [-0.15, -0.1) is 0 Å². The first-order valence-corrected chi connectivity index (χ1v) is 11.6. The van der Waals surface area contributed by atoms with Crippen LogP contribution in [0.4, 0.5) is 5.82 Å². The van der Waals surface area contributed by atoms with Gasteiger partial charge in [0.05, 0.1) is 17.6 Å². The van der Waals surface area contributed by atoms with Gasteiger partial charge in [0.1, 0.15) is 41.7 Å². The quantitative estimate of drug-likeness (QED) is 0.183. The van der Waals surface area contributed by atoms with Crippen molar-refractivity contribution in [2.45, 2.75) is 13.2 Å². The summed E-state index contributed by atoms with van der Waals surface area (Å²) in [5, 5.41) is 7.12. The molecule has 5 rings (SSSR count). The van der Waals surface area contributed by atoms with Gasteiger partial charge in [-0.1, -0.05) is 24.3 Å². The van der Waals surface area contributed by atoms with Gasteiger partial charge < -0.3 is 20.5 Å². The van der Waals surface area contributed by atoms with E-state index in [1.807, 2.05) is 70.9 Å². The molecule has 0 bridgehead atoms. The Hall–Kier alpha value is -5.06. The number of nitrogens with two attached hydrogens (primary N) is 1. The fourth-order valence-corrected chi connectivity index (χ4v) is 3.81. The van der Waals surface area contributed by atoms with E-state index in [-0.39, 0.29) is 0 Å². The lowest BCUT2D eigenvalue weighted by atomic mass is 10.1. The minimum atomic E-state index is 0.381. The van der Waals surface area contributed by atoms with Gasteiger partial charge >= 0.3 is 0 Å². The van der Waals surface area contributed by atoms with Crippen molar-refractivity contribution in [3.63, 3.8) is 0 Å². The van der Waals surface area contributed by atoms with Crippen molar-refractivity contribution in [2.24, 2.45) is 23.0 Å². The van der Waals surface area contributed by atoms with Crippen LogP contribution in [0.5, 0.6) is 5.75 Å². The highest BCUT2D eigenvalue weighted by Gasteiger charge is 2.10. The molecule has 0 fully saturated rings. The number of aromatic nitrogens is 6. The predicted molar refractivity (Wildman–Crippen MR) is 143 cm³/mol. The van der Waals surface area contributed by atoms with Crippen molar-refractivity contribution in [3.8, 4) is 17.1 Å². The molecule has 0 aliphatic rings. The Morgan fingerprint density at radius 2 is 1.95 bits per heavy atom. The van der Waals surface area contributed by atoms with Crippen LogP contribution < -0.4 is 15.9 Å². The molecule has 3 N–H and O–H groups in total. The van der Waals surface area contributed by atoms with Crippen LogP contribution in [0.2, 0.25) is 0 Å². The summed E-state index contributed by atoms with van der Waals surface area (Å²) >= 11 is 0. The zero-order valence-electron chi connectivity index (χ0n) is 20.5. The standard InChI is InChI=1S/C26H26N10O/c1-28-14-22(34-27)19-5-3-18(4-6-19)13-30-24-12-21(32-17-33-24)23-15-31-25-11-20(7-9-36(23)25)37-16-26-29-8-10-35(26)2/h3-12,14-15,17H,13,16,27H2,1-2H3,(H,30,32,33). The van der Waals surface area contributed by atoms with Gasteiger partial charge in [0, 0.05) is 63.1 Å². The molecule has 0 unspecified atom stereocenters. The van der Waals surface area contributed by atoms with Crippen molar-refractivity contribution in [2.75, 3.05) is 12.4 Å². The molecule has 4 aromatic heterocycles. The number of fused-ring (bicyclic) bond motifs is 1. The Balaban J connectivity index is 1.27. The molecular weight excluding hydrogens is 468 g/mol. The average Bonchev–Trinajstić information content (AvgIpc) is 3.55. The van der Waals surface area contributed by atoms with E-state index in [0.717, 1.165) is 39.7 Å². The van der Waals surface area contributed by atoms with Crippen LogP contribution >= 0.6 is 0 Å². The summed E-state index contributed by atoms with van der Waals surface area (Å²) in [5.74, 6) is 7.73. The first-order chi connectivity index (χ1) is 18.1. The largest absolute Gasteiger partial charge is 0.485 e. The smallest absolute Gasteiger partial charge is 0.146 e. The molecule has 11 nitrogen and oxygen atoms in total. The number of nitrogens with zero attached hydrogens (tertiary/aromatic N) is 8. The molecule has 1 aromatic carbocycles. The fraction of sp³-hybridized carbons (Fsp3) is 0.154. The molecule has 5 aromatic rings. The maximum atomic E-state index is 5.89. The van der Waals surface area contributed by atoms with Crippen LogP contribution in [0, 0.1) is 0 Å². The Morgan fingerprint density at radius 3 is 2.70 bits per heavy atom. The number of aryl methyl sites for hydroxylation is 1. The molecule has 0 radical (unpaired) electrons. The van der Waals surface area contributed by atoms with Crippen LogP contribution in [-0.4, -0.2) is 47.9 Å². The average molecular weight is 495 g/mol. The zero-order valence-corrected chi connectivity index (χ0v) is 20.5. The van der Waals surface area contributed by atoms with Gasteiger partial charge in [0.15, 0.2) is 0 Å². The molecule has 0 aliphatic heterocycles. The number of hydrogen-bond acceptors (Lipinski definition) is 9. The third-order valence-electron chi connectivity index (χ3n) is 5.82. The second-order valence-corrected chi connectivity index (χ2v) is 8.22. The van der Waals surface area contributed by atoms with E-state index < -0.39 is 0 Å². The Morgan fingerprint density at radius 1 is 1.08 bits per heavy atom. The molecule has 0 amide bonds. The summed E-state index contributed by atoms with van der Waals surface area (Å²) in [6, 6.07) is 13.6. The first-order valence-electron chi connectivity index (χ1n) is 11.6. The minimum absolute atomic E-state index is 0.381. The van der Waals surface area contributed by atoms with E-state index in [0.29, 0.717) is 24.7 Å². The topological polar surface area (TPSA) is 133 Å². The van der Waals surface area contributed by atoms with Crippen molar-refractivity contribution in [1.29, 1.82) is 0 Å². The summed E-state index contributed by atoms with van der Waals surface area (Å²) in [7, 11) is 3.62. The van der Waals surface area contributed by atoms with Gasteiger partial charge in [-0.2, -0.15) is 5.10 Å². The van der Waals surface area contributed by atoms with Gasteiger partial charge in [-0.3, -0.25) is 9.39 Å². The van der Waals surface area contributed by atoms with Gasteiger partial charge in [0.25, 0.3) is 0 Å². The molecule has 4 heterocycles. The minimum Gasteiger partial charge on any atom is -0.485 e. The van der Waals surface area contributed by atoms with Crippen molar-refractivity contribution >= 4 is 23.4 Å². The molecule has 0 saturated heterocycles. The number of anilines is 1. The highest BCUT2D eigenvalue weighted by Crippen LogP contribution is 2.23. The normalized spacial score (nSPS) is 11.9. The van der Waals surface area contributed by atoms with E-state index >= 15 is 0 Å². The molecule has 0 atom stereocenters. The van der Waals surface area contributed by atoms with Crippen LogP contribution in [-0.2, 0) is 20.2 Å². The van der Waals surface area contributed by atoms with E-state index in [4.69, 9.17) is 10.6 Å². The number of nitrogens with one attached hydrogen (secondary N) is 1. The van der Waals surface area contributed by atoms with Gasteiger partial charge in [-0.25, -0.2) is 19.9 Å². The number of hydrogen-bond donors (Lipinski definition) is 2. The molecule has 0 saturated carbocycles. The van der Waals surface area contributed by atoms with Crippen molar-refractivity contribution in [1.82, 2.24) is 28.9 Å². The third kappa shape index (κ3) is 5.30. The van der Waals surface area contributed by atoms with Gasteiger partial charge in [-0.05, 0) is 11.6 Å². The lowest BCUT2D eigenvalue weighted by molar-refractivity contribution is 0.292. The Kier molecular flexibility index (Phi) is 6.84. The third-order valence-corrected chi connectivity index (χ3v) is 5.82. The summed E-state index contributed by atoms with van der Waals surface area (Å²) in [4.78, 5) is 21.6. The van der Waals surface area contributed by atoms with Crippen LogP contribution in [0.25, 0.3) is 17.0 Å². The van der Waals surface area contributed by atoms with Crippen LogP contribution in [0.15, 0.2) is 83.7 Å². The second kappa shape index (κ2) is 10.7. The zero-order chi connectivity index (χ0) is 25.6. The summed E-state index contributed by atoms with van der Waals surface area (Å²) in [6.45, 7) is 0.975. The van der Waals surface area contributed by atoms with Crippen molar-refractivity contribution < 1.29 is 4.74 Å². The number of imidazole rings is 2. The molecule has 0 spiro atoms. The Labute approximate surface area is 213 Å². The molecule has 37 heavy (non-hydrogen) atoms. The predicted octanol–water partition coefficient (Wildman–Crippen LogP) is 3.08. The second-order valence-electron chi connectivity index (χ2n) is 8.22. The fourth-order valence-electron chi connectivity index (χ4n) is 3.81. The molecular formula is C26H26N10O. The lowest BCUT2D eigenvalue weighted by Gasteiger charge is -2.09. The van der Waals surface area contributed by atoms with Gasteiger partial charge in [0.2, 0.25) is 0 Å². The van der Waals surface area contributed by atoms with Crippen molar-refractivity contribution in [3.05, 3.63) is 90.5 Å². The molecule has 0 aliphatic carbocycles. The summed E-state index contributed by atoms with van der Waals surface area (Å²) < 4.78 is 9.79. The number of benzene rings is 1. The van der Waals surface area contributed by atoms with Crippen LogP contribution in [0.1, 0.15) is 17.0 Å². The monoisotopic (exact) mass is 494 g/mol. The SMILES string of the molecule is CN=CC(=NN)c1ccc(CNc2cc(-c3cnc4cc(OCc5nccn5C)ccn34)ncn2)cc1. The van der Waals surface area contributed by atoms with E-state index in [1.54, 1.807) is 32.0 Å². The Bertz CT molecular complexity index is 1570. The highest BCUT2D eigenvalue weighted by molar-refractivity contribution is 6.38. The first kappa shape index (κ1) is 23.7. The highest BCUT2D eigenvalue weighted by atomic mass is 16.5. The van der Waals surface area contributed by atoms with E-state index in [9.17, 15) is 0 Å². The van der Waals surface area contributed by atoms with Crippen LogP contribution in [0.3, 0.4) is 0 Å². The number of ether oxygens (including phenoxy) is 1. The number of rotatable bonds is 9. The molecule has 186 valence electrons. The lowest BCUT2D eigenvalue weighted by Crippen LogP contribution is -2.07. The maximum absolute atomic E-state index is 5.89. The van der Waals surface area contributed by atoms with E-state index in [2.05, 4.69) is 35.3 Å². The summed E-state index contributed by atoms with van der Waals surface area (Å²) in [5.41, 5.74) is 4.98. The summed E-state index contributed by atoms with van der Waals surface area (Å²) in [6.07, 6.45) is 10.5. The maximum Gasteiger partial charge on any atom is 0.146 e. The van der Waals surface area contributed by atoms with E-state index in [1.165, 1.54) is 0 Å². The number of hydrazone groups is 1. The number of pyridine rings is 1. The number of aliphatic imine (C=N–C) groups is 1.